The first-order valence-corrected chi connectivity index (χ1v) is 7.15. The highest BCUT2D eigenvalue weighted by molar-refractivity contribution is 7.99. The van der Waals surface area contributed by atoms with Gasteiger partial charge in [-0.1, -0.05) is 36.0 Å². The molecule has 0 aromatic heterocycles. The van der Waals surface area contributed by atoms with Gasteiger partial charge in [-0.2, -0.15) is 0 Å². The lowest BCUT2D eigenvalue weighted by Crippen LogP contribution is -2.17. The minimum Gasteiger partial charge on any atom is -0.328 e. The average Bonchev–Trinajstić information content (AvgIpc) is 2.34. The minimum absolute atomic E-state index is 0.157. The molecular formula is C16H18FNS. The molecule has 100 valence electrons. The van der Waals surface area contributed by atoms with Crippen LogP contribution < -0.4 is 5.73 Å². The molecule has 0 spiro atoms. The fourth-order valence-electron chi connectivity index (χ4n) is 1.97. The lowest BCUT2D eigenvalue weighted by Gasteiger charge is -2.10. The molecule has 3 heteroatoms. The van der Waals surface area contributed by atoms with Crippen molar-refractivity contribution < 1.29 is 4.39 Å². The van der Waals surface area contributed by atoms with Crippen LogP contribution in [0.4, 0.5) is 4.39 Å². The first-order valence-electron chi connectivity index (χ1n) is 6.34. The molecule has 0 amide bonds. The summed E-state index contributed by atoms with van der Waals surface area (Å²) in [5.41, 5.74) is 8.19. The van der Waals surface area contributed by atoms with Gasteiger partial charge in [-0.15, -0.1) is 0 Å². The molecule has 0 radical (unpaired) electrons. The van der Waals surface area contributed by atoms with Gasteiger partial charge in [-0.3, -0.25) is 0 Å². The van der Waals surface area contributed by atoms with E-state index in [1.54, 1.807) is 12.1 Å². The van der Waals surface area contributed by atoms with Crippen molar-refractivity contribution in [3.8, 4) is 0 Å². The third-order valence-corrected chi connectivity index (χ3v) is 4.08. The van der Waals surface area contributed by atoms with Crippen molar-refractivity contribution in [1.82, 2.24) is 0 Å². The number of aryl methyl sites for hydroxylation is 1. The van der Waals surface area contributed by atoms with Gasteiger partial charge in [-0.05, 0) is 49.6 Å². The Morgan fingerprint density at radius 1 is 1.16 bits per heavy atom. The van der Waals surface area contributed by atoms with Crippen LogP contribution in [0.3, 0.4) is 0 Å². The molecule has 0 aliphatic heterocycles. The lowest BCUT2D eigenvalue weighted by molar-refractivity contribution is 0.602. The Morgan fingerprint density at radius 3 is 2.53 bits per heavy atom. The summed E-state index contributed by atoms with van der Waals surface area (Å²) in [5, 5.41) is 0. The molecule has 0 saturated heterocycles. The summed E-state index contributed by atoms with van der Waals surface area (Å²) < 4.78 is 13.6. The van der Waals surface area contributed by atoms with Crippen LogP contribution in [0.1, 0.15) is 18.1 Å². The van der Waals surface area contributed by atoms with Gasteiger partial charge >= 0.3 is 0 Å². The predicted molar refractivity (Wildman–Crippen MR) is 79.1 cm³/mol. The van der Waals surface area contributed by atoms with Gasteiger partial charge in [0, 0.05) is 15.8 Å². The largest absolute Gasteiger partial charge is 0.328 e. The van der Waals surface area contributed by atoms with Gasteiger partial charge in [0.2, 0.25) is 0 Å². The Hall–Kier alpha value is -1.32. The standard InChI is InChI=1S/C16H18FNS/c1-11-9-13(10-12(2)18)7-8-15(11)19-16-6-4-3-5-14(16)17/h3-9,12H,10,18H2,1-2H3. The lowest BCUT2D eigenvalue weighted by atomic mass is 10.1. The smallest absolute Gasteiger partial charge is 0.137 e. The second-order valence-electron chi connectivity index (χ2n) is 4.81. The van der Waals surface area contributed by atoms with E-state index in [0.717, 1.165) is 16.9 Å². The Morgan fingerprint density at radius 2 is 1.89 bits per heavy atom. The first kappa shape index (κ1) is 14.1. The molecule has 0 aliphatic carbocycles. The molecule has 1 unspecified atom stereocenters. The highest BCUT2D eigenvalue weighted by atomic mass is 32.2. The van der Waals surface area contributed by atoms with Crippen molar-refractivity contribution >= 4 is 11.8 Å². The molecule has 1 nitrogen and oxygen atoms in total. The average molecular weight is 275 g/mol. The highest BCUT2D eigenvalue weighted by Crippen LogP contribution is 2.32. The first-order chi connectivity index (χ1) is 9.06. The third-order valence-electron chi connectivity index (χ3n) is 2.85. The van der Waals surface area contributed by atoms with Crippen molar-refractivity contribution in [3.63, 3.8) is 0 Å². The number of hydrogen-bond acceptors (Lipinski definition) is 2. The summed E-state index contributed by atoms with van der Waals surface area (Å²) >= 11 is 1.46. The van der Waals surface area contributed by atoms with Gasteiger partial charge < -0.3 is 5.73 Å². The number of rotatable bonds is 4. The van der Waals surface area contributed by atoms with E-state index in [2.05, 4.69) is 12.1 Å². The normalized spacial score (nSPS) is 12.4. The highest BCUT2D eigenvalue weighted by Gasteiger charge is 2.07. The third kappa shape index (κ3) is 3.82. The molecule has 2 aromatic carbocycles. The maximum Gasteiger partial charge on any atom is 0.137 e. The van der Waals surface area contributed by atoms with Crippen molar-refractivity contribution in [2.75, 3.05) is 0 Å². The fourth-order valence-corrected chi connectivity index (χ4v) is 2.88. The van der Waals surface area contributed by atoms with E-state index in [-0.39, 0.29) is 11.9 Å². The van der Waals surface area contributed by atoms with Crippen LogP contribution in [0.25, 0.3) is 0 Å². The minimum atomic E-state index is -0.174. The number of nitrogens with two attached hydrogens (primary N) is 1. The van der Waals surface area contributed by atoms with Crippen LogP contribution in [0, 0.1) is 12.7 Å². The number of halogens is 1. The van der Waals surface area contributed by atoms with Crippen molar-refractivity contribution in [1.29, 1.82) is 0 Å². The van der Waals surface area contributed by atoms with Crippen LogP contribution in [0.15, 0.2) is 52.3 Å². The Balaban J connectivity index is 2.20. The van der Waals surface area contributed by atoms with Crippen LogP contribution in [0.2, 0.25) is 0 Å². The Bertz CT molecular complexity index is 566. The van der Waals surface area contributed by atoms with Crippen LogP contribution >= 0.6 is 11.8 Å². The van der Waals surface area contributed by atoms with Gasteiger partial charge in [-0.25, -0.2) is 4.39 Å². The Kier molecular flexibility index (Phi) is 4.61. The maximum absolute atomic E-state index is 13.6. The summed E-state index contributed by atoms with van der Waals surface area (Å²) in [6.07, 6.45) is 0.867. The van der Waals surface area contributed by atoms with E-state index in [0.29, 0.717) is 4.90 Å². The molecule has 0 aliphatic rings. The van der Waals surface area contributed by atoms with Crippen LogP contribution in [-0.2, 0) is 6.42 Å². The van der Waals surface area contributed by atoms with E-state index in [1.807, 2.05) is 26.0 Å². The SMILES string of the molecule is Cc1cc(CC(C)N)ccc1Sc1ccccc1F. The molecule has 2 N–H and O–H groups in total. The van der Waals surface area contributed by atoms with Crippen LogP contribution in [-0.4, -0.2) is 6.04 Å². The summed E-state index contributed by atoms with van der Waals surface area (Å²) in [6, 6.07) is 13.3. The summed E-state index contributed by atoms with van der Waals surface area (Å²) in [7, 11) is 0. The number of benzene rings is 2. The number of hydrogen-bond donors (Lipinski definition) is 1. The van der Waals surface area contributed by atoms with Gasteiger partial charge in [0.05, 0.1) is 0 Å². The molecule has 0 bridgehead atoms. The summed E-state index contributed by atoms with van der Waals surface area (Å²) in [5.74, 6) is -0.174. The van der Waals surface area contributed by atoms with Gasteiger partial charge in [0.1, 0.15) is 5.82 Å². The van der Waals surface area contributed by atoms with Crippen molar-refractivity contribution in [2.45, 2.75) is 36.1 Å². The molecule has 2 rings (SSSR count). The molecule has 19 heavy (non-hydrogen) atoms. The summed E-state index contributed by atoms with van der Waals surface area (Å²) in [4.78, 5) is 1.74. The van der Waals surface area contributed by atoms with E-state index in [1.165, 1.54) is 23.4 Å². The zero-order valence-corrected chi connectivity index (χ0v) is 12.0. The van der Waals surface area contributed by atoms with E-state index >= 15 is 0 Å². The van der Waals surface area contributed by atoms with Crippen LogP contribution in [0.5, 0.6) is 0 Å². The monoisotopic (exact) mass is 275 g/mol. The molecule has 1 atom stereocenters. The Labute approximate surface area is 118 Å². The molecule has 0 heterocycles. The second-order valence-corrected chi connectivity index (χ2v) is 5.90. The second kappa shape index (κ2) is 6.22. The van der Waals surface area contributed by atoms with E-state index in [4.69, 9.17) is 5.73 Å². The predicted octanol–water partition coefficient (Wildman–Crippen LogP) is 4.18. The van der Waals surface area contributed by atoms with E-state index in [9.17, 15) is 4.39 Å². The van der Waals surface area contributed by atoms with E-state index < -0.39 is 0 Å². The fraction of sp³-hybridized carbons (Fsp3) is 0.250. The van der Waals surface area contributed by atoms with Crippen molar-refractivity contribution in [3.05, 3.63) is 59.4 Å². The maximum atomic E-state index is 13.6. The molecule has 0 saturated carbocycles. The molecule has 0 fully saturated rings. The zero-order valence-electron chi connectivity index (χ0n) is 11.2. The topological polar surface area (TPSA) is 26.0 Å². The molecular weight excluding hydrogens is 257 g/mol. The van der Waals surface area contributed by atoms with Gasteiger partial charge in [0.15, 0.2) is 0 Å². The molecule has 2 aromatic rings. The summed E-state index contributed by atoms with van der Waals surface area (Å²) in [6.45, 7) is 4.05. The zero-order chi connectivity index (χ0) is 13.8. The van der Waals surface area contributed by atoms with Gasteiger partial charge in [0.25, 0.3) is 0 Å². The van der Waals surface area contributed by atoms with Crippen molar-refractivity contribution in [2.24, 2.45) is 5.73 Å². The quantitative estimate of drug-likeness (QED) is 0.906.